The van der Waals surface area contributed by atoms with Gasteiger partial charge in [-0.25, -0.2) is 4.79 Å². The lowest BCUT2D eigenvalue weighted by Gasteiger charge is -2.26. The number of nitrogens with two attached hydrogens (primary N) is 1. The fourth-order valence-electron chi connectivity index (χ4n) is 3.54. The van der Waals surface area contributed by atoms with E-state index in [9.17, 15) is 9.59 Å². The smallest absolute Gasteiger partial charge is 0.319 e. The minimum Gasteiger partial charge on any atom is -0.399 e. The first-order valence-electron chi connectivity index (χ1n) is 9.45. The molecule has 2 aromatic rings. The second-order valence-corrected chi connectivity index (χ2v) is 7.33. The van der Waals surface area contributed by atoms with Crippen LogP contribution in [0.25, 0.3) is 0 Å². The van der Waals surface area contributed by atoms with Crippen LogP contribution in [0.3, 0.4) is 0 Å². The molecule has 4 rings (SSSR count). The van der Waals surface area contributed by atoms with Gasteiger partial charge in [0.15, 0.2) is 0 Å². The summed E-state index contributed by atoms with van der Waals surface area (Å²) in [6.45, 7) is 0. The van der Waals surface area contributed by atoms with Gasteiger partial charge in [0.1, 0.15) is 0 Å². The number of carbonyl (C=O) groups excluding carboxylic acids is 2. The van der Waals surface area contributed by atoms with E-state index in [4.69, 9.17) is 5.73 Å². The molecule has 2 aliphatic rings. The first-order valence-corrected chi connectivity index (χ1v) is 9.45. The largest absolute Gasteiger partial charge is 0.399 e. The van der Waals surface area contributed by atoms with Crippen molar-refractivity contribution in [2.45, 2.75) is 44.2 Å². The van der Waals surface area contributed by atoms with Crippen molar-refractivity contribution in [2.75, 3.05) is 11.1 Å². The van der Waals surface area contributed by atoms with Gasteiger partial charge in [-0.2, -0.15) is 0 Å². The average molecular weight is 364 g/mol. The van der Waals surface area contributed by atoms with E-state index >= 15 is 0 Å². The van der Waals surface area contributed by atoms with Crippen LogP contribution in [0.4, 0.5) is 16.2 Å². The molecule has 2 aliphatic carbocycles. The van der Waals surface area contributed by atoms with Crippen molar-refractivity contribution in [3.05, 3.63) is 59.2 Å². The van der Waals surface area contributed by atoms with Crippen molar-refractivity contribution >= 4 is 23.3 Å². The summed E-state index contributed by atoms with van der Waals surface area (Å²) in [5, 5.41) is 8.79. The molecular formula is C21H24N4O2. The van der Waals surface area contributed by atoms with Gasteiger partial charge in [-0.3, -0.25) is 4.79 Å². The summed E-state index contributed by atoms with van der Waals surface area (Å²) in [5.74, 6) is -0.143. The zero-order chi connectivity index (χ0) is 18.8. The Labute approximate surface area is 158 Å². The van der Waals surface area contributed by atoms with Crippen LogP contribution in [0.5, 0.6) is 0 Å². The topological polar surface area (TPSA) is 96.2 Å². The molecule has 2 aromatic carbocycles. The number of rotatable bonds is 4. The van der Waals surface area contributed by atoms with Gasteiger partial charge in [-0.15, -0.1) is 0 Å². The van der Waals surface area contributed by atoms with Crippen molar-refractivity contribution in [1.29, 1.82) is 0 Å². The Balaban J connectivity index is 1.44. The van der Waals surface area contributed by atoms with E-state index in [-0.39, 0.29) is 24.0 Å². The van der Waals surface area contributed by atoms with E-state index in [0.717, 1.165) is 43.4 Å². The summed E-state index contributed by atoms with van der Waals surface area (Å²) < 4.78 is 0. The van der Waals surface area contributed by atoms with Crippen molar-refractivity contribution in [3.8, 4) is 0 Å². The molecule has 0 radical (unpaired) electrons. The van der Waals surface area contributed by atoms with Crippen LogP contribution in [0, 0.1) is 0 Å². The molecule has 0 saturated heterocycles. The number of amides is 3. The number of urea groups is 1. The highest BCUT2D eigenvalue weighted by Crippen LogP contribution is 2.31. The Morgan fingerprint density at radius 2 is 1.85 bits per heavy atom. The number of carbonyl (C=O) groups is 2. The van der Waals surface area contributed by atoms with E-state index in [2.05, 4.69) is 16.0 Å². The molecule has 1 unspecified atom stereocenters. The number of hydrogen-bond acceptors (Lipinski definition) is 3. The monoisotopic (exact) mass is 364 g/mol. The average Bonchev–Trinajstić information content (AvgIpc) is 3.45. The van der Waals surface area contributed by atoms with Crippen LogP contribution < -0.4 is 21.7 Å². The maximum absolute atomic E-state index is 12.8. The predicted molar refractivity (Wildman–Crippen MR) is 106 cm³/mol. The van der Waals surface area contributed by atoms with E-state index in [0.29, 0.717) is 11.3 Å². The number of aryl methyl sites for hydroxylation is 1. The first kappa shape index (κ1) is 17.4. The number of fused-ring (bicyclic) bond motifs is 1. The van der Waals surface area contributed by atoms with Gasteiger partial charge in [0.05, 0.1) is 6.04 Å². The van der Waals surface area contributed by atoms with Crippen molar-refractivity contribution < 1.29 is 9.59 Å². The maximum atomic E-state index is 12.8. The van der Waals surface area contributed by atoms with Crippen LogP contribution in [-0.4, -0.2) is 18.0 Å². The quantitative estimate of drug-likeness (QED) is 0.626. The number of anilines is 2. The van der Waals surface area contributed by atoms with E-state index < -0.39 is 0 Å². The third-order valence-electron chi connectivity index (χ3n) is 5.08. The summed E-state index contributed by atoms with van der Waals surface area (Å²) in [4.78, 5) is 24.6. The highest BCUT2D eigenvalue weighted by Gasteiger charge is 2.24. The lowest BCUT2D eigenvalue weighted by Crippen LogP contribution is -2.32. The normalized spacial score (nSPS) is 18.3. The molecule has 1 fully saturated rings. The van der Waals surface area contributed by atoms with Gasteiger partial charge in [0, 0.05) is 23.0 Å². The van der Waals surface area contributed by atoms with Crippen molar-refractivity contribution in [1.82, 2.24) is 10.6 Å². The Morgan fingerprint density at radius 3 is 2.67 bits per heavy atom. The molecule has 0 aromatic heterocycles. The maximum Gasteiger partial charge on any atom is 0.319 e. The first-order chi connectivity index (χ1) is 13.1. The summed E-state index contributed by atoms with van der Waals surface area (Å²) in [6, 6.07) is 12.9. The molecule has 27 heavy (non-hydrogen) atoms. The molecule has 1 saturated carbocycles. The van der Waals surface area contributed by atoms with E-state index in [1.807, 2.05) is 18.2 Å². The molecule has 3 amide bonds. The third kappa shape index (κ3) is 4.22. The molecule has 140 valence electrons. The molecule has 6 nitrogen and oxygen atoms in total. The van der Waals surface area contributed by atoms with Crippen LogP contribution in [0.15, 0.2) is 42.5 Å². The highest BCUT2D eigenvalue weighted by molar-refractivity contribution is 5.97. The van der Waals surface area contributed by atoms with Crippen LogP contribution in [-0.2, 0) is 6.42 Å². The van der Waals surface area contributed by atoms with Gasteiger partial charge < -0.3 is 21.7 Å². The summed E-state index contributed by atoms with van der Waals surface area (Å²) in [6.07, 6.45) is 4.98. The molecular weight excluding hydrogens is 340 g/mol. The molecule has 6 heteroatoms. The summed E-state index contributed by atoms with van der Waals surface area (Å²) >= 11 is 0. The lowest BCUT2D eigenvalue weighted by molar-refractivity contribution is 0.0932. The molecule has 5 N–H and O–H groups in total. The van der Waals surface area contributed by atoms with Gasteiger partial charge in [-0.05, 0) is 73.6 Å². The van der Waals surface area contributed by atoms with Crippen LogP contribution in [0.1, 0.15) is 53.2 Å². The standard InChI is InChI=1S/C21H24N4O2/c22-15-7-10-18-13(11-15)3-2-6-19(18)25-20(26)14-4-1-5-17(12-14)24-21(27)23-16-8-9-16/h1,4-5,7,10-12,16,19H,2-3,6,8-9,22H2,(H,25,26)(H2,23,24,27). The number of hydrogen-bond donors (Lipinski definition) is 4. The Kier molecular flexibility index (Phi) is 4.71. The van der Waals surface area contributed by atoms with Gasteiger partial charge in [0.2, 0.25) is 0 Å². The predicted octanol–water partition coefficient (Wildman–Crippen LogP) is 3.36. The van der Waals surface area contributed by atoms with Gasteiger partial charge in [-0.1, -0.05) is 12.1 Å². The zero-order valence-corrected chi connectivity index (χ0v) is 15.1. The molecule has 0 heterocycles. The second-order valence-electron chi connectivity index (χ2n) is 7.33. The Morgan fingerprint density at radius 1 is 1.00 bits per heavy atom. The van der Waals surface area contributed by atoms with E-state index in [1.165, 1.54) is 5.56 Å². The van der Waals surface area contributed by atoms with Crippen LogP contribution in [0.2, 0.25) is 0 Å². The zero-order valence-electron chi connectivity index (χ0n) is 15.1. The molecule has 0 aliphatic heterocycles. The number of nitrogens with one attached hydrogen (secondary N) is 3. The van der Waals surface area contributed by atoms with Crippen molar-refractivity contribution in [2.24, 2.45) is 0 Å². The van der Waals surface area contributed by atoms with E-state index in [1.54, 1.807) is 24.3 Å². The van der Waals surface area contributed by atoms with Crippen LogP contribution >= 0.6 is 0 Å². The van der Waals surface area contributed by atoms with Crippen molar-refractivity contribution in [3.63, 3.8) is 0 Å². The third-order valence-corrected chi connectivity index (χ3v) is 5.08. The molecule has 0 bridgehead atoms. The Hall–Kier alpha value is -3.02. The fraction of sp³-hybridized carbons (Fsp3) is 0.333. The molecule has 1 atom stereocenters. The summed E-state index contributed by atoms with van der Waals surface area (Å²) in [7, 11) is 0. The SMILES string of the molecule is Nc1ccc2c(c1)CCCC2NC(=O)c1cccc(NC(=O)NC2CC2)c1. The second kappa shape index (κ2) is 7.31. The Bertz CT molecular complexity index is 876. The number of benzene rings is 2. The number of nitrogen functional groups attached to an aromatic ring is 1. The highest BCUT2D eigenvalue weighted by atomic mass is 16.2. The fourth-order valence-corrected chi connectivity index (χ4v) is 3.54. The molecule has 0 spiro atoms. The lowest BCUT2D eigenvalue weighted by atomic mass is 9.87. The minimum absolute atomic E-state index is 0.0170. The van der Waals surface area contributed by atoms with Gasteiger partial charge in [0.25, 0.3) is 5.91 Å². The summed E-state index contributed by atoms with van der Waals surface area (Å²) in [5.41, 5.74) is 10.1. The van der Waals surface area contributed by atoms with Gasteiger partial charge >= 0.3 is 6.03 Å². The minimum atomic E-state index is -0.228.